The van der Waals surface area contributed by atoms with Gasteiger partial charge in [0.05, 0.1) is 24.5 Å². The zero-order valence-electron chi connectivity index (χ0n) is 11.6. The number of ether oxygens (including phenoxy) is 1. The van der Waals surface area contributed by atoms with Crippen LogP contribution in [0.15, 0.2) is 29.2 Å². The quantitative estimate of drug-likeness (QED) is 0.921. The van der Waals surface area contributed by atoms with Gasteiger partial charge >= 0.3 is 6.09 Å². The standard InChI is InChI=1S/C15H17N3O2S/c19-15(20-9-11-2-1-3-11)18-8-13-14(17-6-5-16-13)12-4-7-21-10-12/h4-7,10-11H,1-3,8-9H2,(H,18,19). The first-order valence-electron chi connectivity index (χ1n) is 7.06. The number of nitrogens with zero attached hydrogens (tertiary/aromatic N) is 2. The van der Waals surface area contributed by atoms with Gasteiger partial charge in [-0.15, -0.1) is 0 Å². The summed E-state index contributed by atoms with van der Waals surface area (Å²) in [7, 11) is 0. The van der Waals surface area contributed by atoms with E-state index in [9.17, 15) is 4.79 Å². The maximum absolute atomic E-state index is 11.7. The van der Waals surface area contributed by atoms with Gasteiger partial charge in [0.2, 0.25) is 0 Å². The first-order valence-corrected chi connectivity index (χ1v) is 8.00. The molecule has 0 saturated heterocycles. The Hall–Kier alpha value is -1.95. The first kappa shape index (κ1) is 14.0. The average Bonchev–Trinajstić information content (AvgIpc) is 2.98. The molecule has 21 heavy (non-hydrogen) atoms. The number of hydrogen-bond donors (Lipinski definition) is 1. The molecule has 1 saturated carbocycles. The predicted molar refractivity (Wildman–Crippen MR) is 80.9 cm³/mol. The van der Waals surface area contributed by atoms with Crippen LogP contribution in [0.3, 0.4) is 0 Å². The zero-order valence-corrected chi connectivity index (χ0v) is 12.4. The Morgan fingerprint density at radius 2 is 2.24 bits per heavy atom. The summed E-state index contributed by atoms with van der Waals surface area (Å²) in [6.07, 6.45) is 6.49. The molecule has 2 aromatic heterocycles. The Bertz CT molecular complexity index is 597. The molecule has 0 atom stereocenters. The molecule has 3 rings (SSSR count). The van der Waals surface area contributed by atoms with Crippen LogP contribution in [-0.4, -0.2) is 22.7 Å². The SMILES string of the molecule is O=C(NCc1nccnc1-c1ccsc1)OCC1CCC1. The normalized spacial score (nSPS) is 14.5. The smallest absolute Gasteiger partial charge is 0.407 e. The molecular formula is C15H17N3O2S. The second-order valence-corrected chi connectivity index (χ2v) is 5.89. The number of thiophene rings is 1. The monoisotopic (exact) mass is 303 g/mol. The van der Waals surface area contributed by atoms with E-state index in [-0.39, 0.29) is 6.09 Å². The molecule has 0 spiro atoms. The Kier molecular flexibility index (Phi) is 4.45. The van der Waals surface area contributed by atoms with Crippen molar-refractivity contribution in [3.8, 4) is 11.3 Å². The number of alkyl carbamates (subject to hydrolysis) is 1. The van der Waals surface area contributed by atoms with E-state index in [4.69, 9.17) is 4.74 Å². The molecule has 6 heteroatoms. The van der Waals surface area contributed by atoms with Gasteiger partial charge in [-0.25, -0.2) is 4.79 Å². The molecule has 1 aliphatic rings. The minimum absolute atomic E-state index is 0.322. The van der Waals surface area contributed by atoms with E-state index in [2.05, 4.69) is 15.3 Å². The summed E-state index contributed by atoms with van der Waals surface area (Å²) in [6, 6.07) is 1.99. The van der Waals surface area contributed by atoms with Crippen molar-refractivity contribution < 1.29 is 9.53 Å². The highest BCUT2D eigenvalue weighted by atomic mass is 32.1. The van der Waals surface area contributed by atoms with E-state index in [1.165, 1.54) is 19.3 Å². The molecule has 0 aliphatic heterocycles. The van der Waals surface area contributed by atoms with Crippen molar-refractivity contribution in [2.75, 3.05) is 6.61 Å². The van der Waals surface area contributed by atoms with Crippen LogP contribution < -0.4 is 5.32 Å². The van der Waals surface area contributed by atoms with E-state index in [1.54, 1.807) is 23.7 Å². The molecule has 1 N–H and O–H groups in total. The van der Waals surface area contributed by atoms with Gasteiger partial charge < -0.3 is 10.1 Å². The number of aromatic nitrogens is 2. The molecule has 2 heterocycles. The van der Waals surface area contributed by atoms with Gasteiger partial charge in [0.1, 0.15) is 0 Å². The van der Waals surface area contributed by atoms with Crippen molar-refractivity contribution in [2.45, 2.75) is 25.8 Å². The molecule has 1 amide bonds. The molecule has 2 aromatic rings. The van der Waals surface area contributed by atoms with Crippen molar-refractivity contribution in [1.82, 2.24) is 15.3 Å². The number of nitrogens with one attached hydrogen (secondary N) is 1. The number of hydrogen-bond acceptors (Lipinski definition) is 5. The van der Waals surface area contributed by atoms with Gasteiger partial charge in [0.15, 0.2) is 0 Å². The maximum atomic E-state index is 11.7. The van der Waals surface area contributed by atoms with Crippen LogP contribution in [0, 0.1) is 5.92 Å². The van der Waals surface area contributed by atoms with Crippen LogP contribution in [0.5, 0.6) is 0 Å². The Labute approximate surface area is 127 Å². The zero-order chi connectivity index (χ0) is 14.5. The molecule has 0 bridgehead atoms. The lowest BCUT2D eigenvalue weighted by atomic mass is 9.86. The van der Waals surface area contributed by atoms with E-state index >= 15 is 0 Å². The summed E-state index contributed by atoms with van der Waals surface area (Å²) in [5.41, 5.74) is 2.57. The lowest BCUT2D eigenvalue weighted by Gasteiger charge is -2.24. The highest BCUT2D eigenvalue weighted by Crippen LogP contribution is 2.26. The van der Waals surface area contributed by atoms with Gasteiger partial charge in [-0.1, -0.05) is 6.42 Å². The van der Waals surface area contributed by atoms with Crippen LogP contribution in [0.4, 0.5) is 4.79 Å². The first-order chi connectivity index (χ1) is 10.3. The van der Waals surface area contributed by atoms with Crippen LogP contribution in [-0.2, 0) is 11.3 Å². The van der Waals surface area contributed by atoms with Gasteiger partial charge in [-0.3, -0.25) is 9.97 Å². The topological polar surface area (TPSA) is 64.1 Å². The number of amides is 1. The fraction of sp³-hybridized carbons (Fsp3) is 0.400. The van der Waals surface area contributed by atoms with Crippen molar-refractivity contribution in [2.24, 2.45) is 5.92 Å². The molecule has 0 aromatic carbocycles. The summed E-state index contributed by atoms with van der Waals surface area (Å²) in [6.45, 7) is 0.839. The second kappa shape index (κ2) is 6.67. The third-order valence-electron chi connectivity index (χ3n) is 3.64. The largest absolute Gasteiger partial charge is 0.449 e. The van der Waals surface area contributed by atoms with Crippen molar-refractivity contribution in [3.63, 3.8) is 0 Å². The molecule has 0 radical (unpaired) electrons. The third-order valence-corrected chi connectivity index (χ3v) is 4.33. The van der Waals surface area contributed by atoms with Gasteiger partial charge in [-0.05, 0) is 30.2 Å². The molecule has 0 unspecified atom stereocenters. The summed E-state index contributed by atoms with van der Waals surface area (Å²) in [5.74, 6) is 0.550. The minimum atomic E-state index is -0.385. The lowest BCUT2D eigenvalue weighted by Crippen LogP contribution is -2.28. The highest BCUT2D eigenvalue weighted by molar-refractivity contribution is 7.08. The Morgan fingerprint density at radius 3 is 2.95 bits per heavy atom. The van der Waals surface area contributed by atoms with E-state index in [1.807, 2.05) is 16.8 Å². The number of carbonyl (C=O) groups is 1. The summed E-state index contributed by atoms with van der Waals surface area (Å²) >= 11 is 1.61. The van der Waals surface area contributed by atoms with Crippen molar-refractivity contribution >= 4 is 17.4 Å². The molecule has 110 valence electrons. The Balaban J connectivity index is 1.56. The molecule has 5 nitrogen and oxygen atoms in total. The summed E-state index contributed by atoms with van der Waals surface area (Å²) in [5, 5.41) is 6.76. The highest BCUT2D eigenvalue weighted by Gasteiger charge is 2.19. The number of carbonyl (C=O) groups excluding carboxylic acids is 1. The van der Waals surface area contributed by atoms with E-state index in [0.717, 1.165) is 17.0 Å². The molecule has 1 aliphatic carbocycles. The Morgan fingerprint density at radius 1 is 1.38 bits per heavy atom. The minimum Gasteiger partial charge on any atom is -0.449 e. The number of rotatable bonds is 5. The van der Waals surface area contributed by atoms with E-state index in [0.29, 0.717) is 19.1 Å². The molecule has 1 fully saturated rings. The fourth-order valence-electron chi connectivity index (χ4n) is 2.20. The predicted octanol–water partition coefficient (Wildman–Crippen LogP) is 3.23. The van der Waals surface area contributed by atoms with Gasteiger partial charge in [-0.2, -0.15) is 11.3 Å². The van der Waals surface area contributed by atoms with Crippen LogP contribution in [0.25, 0.3) is 11.3 Å². The van der Waals surface area contributed by atoms with Gasteiger partial charge in [0.25, 0.3) is 0 Å². The summed E-state index contributed by atoms with van der Waals surface area (Å²) < 4.78 is 5.20. The fourth-order valence-corrected chi connectivity index (χ4v) is 2.84. The second-order valence-electron chi connectivity index (χ2n) is 5.11. The van der Waals surface area contributed by atoms with Crippen LogP contribution >= 0.6 is 11.3 Å². The lowest BCUT2D eigenvalue weighted by molar-refractivity contribution is 0.103. The van der Waals surface area contributed by atoms with Crippen LogP contribution in [0.1, 0.15) is 25.0 Å². The van der Waals surface area contributed by atoms with Gasteiger partial charge in [0, 0.05) is 23.3 Å². The maximum Gasteiger partial charge on any atom is 0.407 e. The average molecular weight is 303 g/mol. The van der Waals surface area contributed by atoms with E-state index < -0.39 is 0 Å². The summed E-state index contributed by atoms with van der Waals surface area (Å²) in [4.78, 5) is 20.3. The molecular weight excluding hydrogens is 286 g/mol. The third kappa shape index (κ3) is 3.58. The van der Waals surface area contributed by atoms with Crippen molar-refractivity contribution in [1.29, 1.82) is 0 Å². The van der Waals surface area contributed by atoms with Crippen LogP contribution in [0.2, 0.25) is 0 Å². The van der Waals surface area contributed by atoms with Crippen molar-refractivity contribution in [3.05, 3.63) is 34.9 Å².